The van der Waals surface area contributed by atoms with Crippen LogP contribution in [0.4, 0.5) is 0 Å². The molecule has 1 N–H and O–H groups in total. The highest BCUT2D eigenvalue weighted by Gasteiger charge is 2.26. The van der Waals surface area contributed by atoms with Gasteiger partial charge in [-0.3, -0.25) is 9.59 Å². The Kier molecular flexibility index (Phi) is 5.97. The summed E-state index contributed by atoms with van der Waals surface area (Å²) in [5, 5.41) is 0. The summed E-state index contributed by atoms with van der Waals surface area (Å²) in [4.78, 5) is 41.2. The number of rotatable bonds is 6. The lowest BCUT2D eigenvalue weighted by Crippen LogP contribution is -2.31. The van der Waals surface area contributed by atoms with Crippen molar-refractivity contribution in [3.05, 3.63) is 58.4 Å². The summed E-state index contributed by atoms with van der Waals surface area (Å²) >= 11 is 0. The number of carbonyl (C=O) groups is 3. The van der Waals surface area contributed by atoms with Crippen LogP contribution in [0.25, 0.3) is 0 Å². The van der Waals surface area contributed by atoms with Crippen LogP contribution in [0.5, 0.6) is 0 Å². The molecule has 26 heavy (non-hydrogen) atoms. The van der Waals surface area contributed by atoms with E-state index in [1.165, 1.54) is 14.0 Å². The Morgan fingerprint density at radius 1 is 1.19 bits per heavy atom. The van der Waals surface area contributed by atoms with Crippen molar-refractivity contribution in [1.82, 2.24) is 9.88 Å². The van der Waals surface area contributed by atoms with Gasteiger partial charge in [-0.2, -0.15) is 0 Å². The Morgan fingerprint density at radius 3 is 2.35 bits per heavy atom. The fraction of sp³-hybridized carbons (Fsp3) is 0.350. The molecule has 1 heterocycles. The monoisotopic (exact) mass is 356 g/mol. The highest BCUT2D eigenvalue weighted by molar-refractivity contribution is 6.01. The minimum atomic E-state index is -0.562. The number of ether oxygens (including phenoxy) is 1. The second-order valence-corrected chi connectivity index (χ2v) is 6.29. The topological polar surface area (TPSA) is 79.5 Å². The van der Waals surface area contributed by atoms with Crippen molar-refractivity contribution >= 4 is 17.7 Å². The number of hydrogen-bond acceptors (Lipinski definition) is 4. The second kappa shape index (κ2) is 7.99. The molecule has 0 spiro atoms. The van der Waals surface area contributed by atoms with E-state index < -0.39 is 5.97 Å². The van der Waals surface area contributed by atoms with Crippen LogP contribution in [-0.2, 0) is 16.0 Å². The third kappa shape index (κ3) is 3.85. The molecule has 1 unspecified atom stereocenters. The van der Waals surface area contributed by atoms with Crippen molar-refractivity contribution in [2.75, 3.05) is 14.2 Å². The zero-order chi connectivity index (χ0) is 19.4. The van der Waals surface area contributed by atoms with E-state index >= 15 is 0 Å². The first kappa shape index (κ1) is 19.4. The molecule has 2 aromatic rings. The molecular formula is C20H24N2O4. The molecule has 0 radical (unpaired) electrons. The van der Waals surface area contributed by atoms with Crippen LogP contribution in [-0.4, -0.2) is 41.7 Å². The van der Waals surface area contributed by atoms with Gasteiger partial charge < -0.3 is 14.6 Å². The Hall–Kier alpha value is -2.89. The number of aromatic nitrogens is 1. The van der Waals surface area contributed by atoms with Crippen molar-refractivity contribution in [2.24, 2.45) is 0 Å². The van der Waals surface area contributed by atoms with Crippen LogP contribution in [0.3, 0.4) is 0 Å². The number of aromatic amines is 1. The van der Waals surface area contributed by atoms with E-state index in [9.17, 15) is 14.4 Å². The van der Waals surface area contributed by atoms with Crippen LogP contribution < -0.4 is 0 Å². The highest BCUT2D eigenvalue weighted by atomic mass is 16.5. The van der Waals surface area contributed by atoms with Gasteiger partial charge in [0.05, 0.1) is 30.8 Å². The van der Waals surface area contributed by atoms with Gasteiger partial charge >= 0.3 is 5.97 Å². The van der Waals surface area contributed by atoms with E-state index in [-0.39, 0.29) is 29.7 Å². The lowest BCUT2D eigenvalue weighted by Gasteiger charge is -2.25. The number of nitrogens with one attached hydrogen (secondary N) is 1. The minimum Gasteiger partial charge on any atom is -0.465 e. The largest absolute Gasteiger partial charge is 0.465 e. The predicted molar refractivity (Wildman–Crippen MR) is 98.2 cm³/mol. The molecule has 0 aliphatic rings. The quantitative estimate of drug-likeness (QED) is 0.637. The summed E-state index contributed by atoms with van der Waals surface area (Å²) in [6.07, 6.45) is -0.0216. The summed E-state index contributed by atoms with van der Waals surface area (Å²) in [5.41, 5.74) is 2.50. The maximum Gasteiger partial charge on any atom is 0.339 e. The van der Waals surface area contributed by atoms with Crippen molar-refractivity contribution < 1.29 is 19.1 Å². The fourth-order valence-electron chi connectivity index (χ4n) is 2.97. The number of nitrogens with zero attached hydrogens (tertiary/aromatic N) is 1. The first-order valence-corrected chi connectivity index (χ1v) is 8.39. The van der Waals surface area contributed by atoms with Crippen molar-refractivity contribution in [1.29, 1.82) is 0 Å². The Labute approximate surface area is 153 Å². The molecule has 0 aliphatic heterocycles. The molecular weight excluding hydrogens is 332 g/mol. The van der Waals surface area contributed by atoms with Crippen molar-refractivity contribution in [3.8, 4) is 0 Å². The SMILES string of the molecule is COC(=O)c1c(CC(=O)N(C)C(C)c2ccccc2)[nH]c(C(C)=O)c1C. The smallest absolute Gasteiger partial charge is 0.339 e. The average Bonchev–Trinajstić information content (AvgIpc) is 2.96. The van der Waals surface area contributed by atoms with Crippen molar-refractivity contribution in [2.45, 2.75) is 33.2 Å². The average molecular weight is 356 g/mol. The van der Waals surface area contributed by atoms with Gasteiger partial charge in [-0.1, -0.05) is 30.3 Å². The zero-order valence-electron chi connectivity index (χ0n) is 15.8. The number of Topliss-reactive ketones (excluding diaryl/α,β-unsaturated/α-hetero) is 1. The number of H-pyrrole nitrogens is 1. The van der Waals surface area contributed by atoms with Crippen LogP contribution in [0.2, 0.25) is 0 Å². The van der Waals surface area contributed by atoms with Gasteiger partial charge in [0, 0.05) is 19.7 Å². The normalized spacial score (nSPS) is 11.7. The molecule has 1 aromatic heterocycles. The summed E-state index contributed by atoms with van der Waals surface area (Å²) in [5.74, 6) is -0.923. The predicted octanol–water partition coefficient (Wildman–Crippen LogP) is 3.07. The highest BCUT2D eigenvalue weighted by Crippen LogP contribution is 2.23. The van der Waals surface area contributed by atoms with E-state index in [1.807, 2.05) is 37.3 Å². The molecule has 0 saturated heterocycles. The van der Waals surface area contributed by atoms with E-state index in [0.29, 0.717) is 17.0 Å². The van der Waals surface area contributed by atoms with Crippen LogP contribution in [0.15, 0.2) is 30.3 Å². The van der Waals surface area contributed by atoms with E-state index in [4.69, 9.17) is 4.74 Å². The van der Waals surface area contributed by atoms with Gasteiger partial charge in [0.2, 0.25) is 5.91 Å². The third-order valence-electron chi connectivity index (χ3n) is 4.65. The van der Waals surface area contributed by atoms with Crippen LogP contribution >= 0.6 is 0 Å². The van der Waals surface area contributed by atoms with Gasteiger partial charge in [0.1, 0.15) is 0 Å². The molecule has 6 nitrogen and oxygen atoms in total. The summed E-state index contributed by atoms with van der Waals surface area (Å²) in [6, 6.07) is 9.57. The first-order chi connectivity index (χ1) is 12.3. The van der Waals surface area contributed by atoms with Gasteiger partial charge in [-0.15, -0.1) is 0 Å². The van der Waals surface area contributed by atoms with Gasteiger partial charge in [-0.05, 0) is 25.0 Å². The molecule has 0 saturated carbocycles. The fourth-order valence-corrected chi connectivity index (χ4v) is 2.97. The number of esters is 1. The van der Waals surface area contributed by atoms with E-state index in [2.05, 4.69) is 4.98 Å². The molecule has 1 aromatic carbocycles. The molecule has 138 valence electrons. The van der Waals surface area contributed by atoms with Crippen LogP contribution in [0.1, 0.15) is 57.6 Å². The molecule has 1 amide bonds. The number of ketones is 1. The lowest BCUT2D eigenvalue weighted by atomic mass is 10.1. The Morgan fingerprint density at radius 2 is 1.81 bits per heavy atom. The third-order valence-corrected chi connectivity index (χ3v) is 4.65. The van der Waals surface area contributed by atoms with Gasteiger partial charge in [-0.25, -0.2) is 4.79 Å². The molecule has 6 heteroatoms. The van der Waals surface area contributed by atoms with Crippen LogP contribution in [0, 0.1) is 6.92 Å². The number of benzene rings is 1. The Balaban J connectivity index is 2.29. The molecule has 1 atom stereocenters. The standard InChI is InChI=1S/C20H24N2O4/c1-12-18(20(25)26-5)16(21-19(12)14(3)23)11-17(24)22(4)13(2)15-9-7-6-8-10-15/h6-10,13,21H,11H2,1-5H3. The first-order valence-electron chi connectivity index (χ1n) is 8.39. The number of carbonyl (C=O) groups excluding carboxylic acids is 3. The number of amides is 1. The maximum atomic E-state index is 12.7. The van der Waals surface area contributed by atoms with E-state index in [0.717, 1.165) is 5.56 Å². The molecule has 2 rings (SSSR count). The second-order valence-electron chi connectivity index (χ2n) is 6.29. The number of likely N-dealkylation sites (N-methyl/N-ethyl adjacent to an activating group) is 1. The molecule has 0 fully saturated rings. The van der Waals surface area contributed by atoms with E-state index in [1.54, 1.807) is 18.9 Å². The summed E-state index contributed by atoms with van der Waals surface area (Å²) in [6.45, 7) is 5.02. The molecule has 0 bridgehead atoms. The number of hydrogen-bond donors (Lipinski definition) is 1. The summed E-state index contributed by atoms with van der Waals surface area (Å²) < 4.78 is 4.81. The van der Waals surface area contributed by atoms with Gasteiger partial charge in [0.15, 0.2) is 5.78 Å². The van der Waals surface area contributed by atoms with Crippen molar-refractivity contribution in [3.63, 3.8) is 0 Å². The minimum absolute atomic E-state index is 0.0216. The lowest BCUT2D eigenvalue weighted by molar-refractivity contribution is -0.131. The molecule has 0 aliphatic carbocycles. The zero-order valence-corrected chi connectivity index (χ0v) is 15.8. The maximum absolute atomic E-state index is 12.7. The van der Waals surface area contributed by atoms with Gasteiger partial charge in [0.25, 0.3) is 0 Å². The summed E-state index contributed by atoms with van der Waals surface area (Å²) in [7, 11) is 3.00. The Bertz CT molecular complexity index is 824. The number of methoxy groups -OCH3 is 1.